The Morgan fingerprint density at radius 1 is 0.879 bits per heavy atom. The number of phosphoric ester groups is 1. The number of aliphatic hydroxyl groups excluding tert-OH is 1. The number of nitrogens with two attached hydrogens (primary N) is 3. The third-order valence-electron chi connectivity index (χ3n) is 8.54. The van der Waals surface area contributed by atoms with Crippen LogP contribution in [0.15, 0.2) is 55.1 Å². The topological polar surface area (TPSA) is 382 Å². The smallest absolute Gasteiger partial charge is 0.440 e. The van der Waals surface area contributed by atoms with E-state index in [1.165, 1.54) is 10.9 Å². The first-order chi connectivity index (χ1) is 27.3. The number of alkyl carbamates (subject to hydrolysis) is 1. The highest BCUT2D eigenvalue weighted by Crippen LogP contribution is 2.66. The Bertz CT molecular complexity index is 2440. The number of hydrogen-bond donors (Lipinski definition) is 10. The maximum absolute atomic E-state index is 12.9. The molecule has 2 aromatic carbocycles. The molecule has 1 fully saturated rings. The van der Waals surface area contributed by atoms with Gasteiger partial charge in [-0.15, -0.1) is 0 Å². The van der Waals surface area contributed by atoms with E-state index in [1.807, 2.05) is 34.9 Å². The zero-order valence-electron chi connectivity index (χ0n) is 29.9. The summed E-state index contributed by atoms with van der Waals surface area (Å²) in [7, 11) is -17.2. The maximum atomic E-state index is 12.9. The molecule has 13 N–H and O–H groups in total. The summed E-state index contributed by atoms with van der Waals surface area (Å²) in [5, 5.41) is 18.2. The van der Waals surface area contributed by atoms with Crippen LogP contribution in [0.4, 0.5) is 22.0 Å². The summed E-state index contributed by atoms with van der Waals surface area (Å²) >= 11 is 0. The Morgan fingerprint density at radius 3 is 2.19 bits per heavy atom. The third kappa shape index (κ3) is 10.4. The highest BCUT2D eigenvalue weighted by atomic mass is 31.3. The van der Waals surface area contributed by atoms with Gasteiger partial charge in [0.1, 0.15) is 30.6 Å². The van der Waals surface area contributed by atoms with Crippen LogP contribution in [0.2, 0.25) is 0 Å². The number of anilines is 3. The van der Waals surface area contributed by atoms with Gasteiger partial charge in [0.05, 0.1) is 12.9 Å². The number of hydrogen-bond acceptors (Lipinski definition) is 17. The van der Waals surface area contributed by atoms with Crippen molar-refractivity contribution in [1.29, 1.82) is 0 Å². The molecule has 2 unspecified atom stereocenters. The molecule has 58 heavy (non-hydrogen) atoms. The summed E-state index contributed by atoms with van der Waals surface area (Å²) in [5.41, 5.74) is 21.1. The SMILES string of the molecule is Nc1ccc2cc3ccc(N)cc3[n+](CCCC(=O)NCCNC(=O)O[C@H]3[C@H](O)[C@H](n4cnc5c(N)ncnc54)O[C@@H]3COP(=O)(O)OP(=O)(O)OP(=O)(O)O)c2c1. The lowest BCUT2D eigenvalue weighted by Crippen LogP contribution is -2.42. The van der Waals surface area contributed by atoms with Gasteiger partial charge in [-0.2, -0.15) is 13.2 Å². The molecule has 0 bridgehead atoms. The number of phosphoric acid groups is 3. The van der Waals surface area contributed by atoms with E-state index >= 15 is 0 Å². The van der Waals surface area contributed by atoms with Crippen molar-refractivity contribution >= 4 is 85.6 Å². The first-order valence-corrected chi connectivity index (χ1v) is 21.5. The number of benzene rings is 2. The first-order valence-electron chi connectivity index (χ1n) is 17.0. The number of rotatable bonds is 16. The van der Waals surface area contributed by atoms with E-state index in [-0.39, 0.29) is 42.4 Å². The summed E-state index contributed by atoms with van der Waals surface area (Å²) in [4.78, 5) is 74.6. The van der Waals surface area contributed by atoms with Crippen molar-refractivity contribution in [2.24, 2.45) is 0 Å². The molecule has 2 amide bonds. The molecule has 28 heteroatoms. The molecule has 5 aromatic rings. The van der Waals surface area contributed by atoms with Gasteiger partial charge in [-0.25, -0.2) is 33.4 Å². The number of aliphatic hydroxyl groups is 1. The fraction of sp³-hybridized carbons (Fsp3) is 0.333. The monoisotopic (exact) mass is 871 g/mol. The van der Waals surface area contributed by atoms with Gasteiger partial charge >= 0.3 is 29.6 Å². The van der Waals surface area contributed by atoms with Crippen molar-refractivity contribution in [1.82, 2.24) is 30.2 Å². The van der Waals surface area contributed by atoms with Crippen LogP contribution in [-0.2, 0) is 47.7 Å². The van der Waals surface area contributed by atoms with E-state index in [0.717, 1.165) is 28.1 Å². The lowest BCUT2D eigenvalue weighted by Gasteiger charge is -2.22. The van der Waals surface area contributed by atoms with Crippen molar-refractivity contribution in [2.45, 2.75) is 43.9 Å². The van der Waals surface area contributed by atoms with Crippen LogP contribution in [0.5, 0.6) is 0 Å². The highest BCUT2D eigenvalue weighted by Gasteiger charge is 2.49. The number of ether oxygens (including phenoxy) is 2. The van der Waals surface area contributed by atoms with Crippen LogP contribution < -0.4 is 32.4 Å². The van der Waals surface area contributed by atoms with Crippen LogP contribution >= 0.6 is 23.5 Å². The molecule has 1 aliphatic rings. The molecule has 1 aliphatic heterocycles. The average molecular weight is 872 g/mol. The number of amides is 2. The number of aryl methyl sites for hydroxylation is 1. The normalized spacial score (nSPS) is 20.5. The summed E-state index contributed by atoms with van der Waals surface area (Å²) in [6.07, 6.45) is -4.80. The van der Waals surface area contributed by atoms with Crippen molar-refractivity contribution in [2.75, 3.05) is 36.9 Å². The van der Waals surface area contributed by atoms with Gasteiger partial charge in [-0.3, -0.25) is 13.9 Å². The number of aromatic nitrogens is 5. The maximum Gasteiger partial charge on any atom is 0.490 e. The molecule has 0 aliphatic carbocycles. The predicted molar refractivity (Wildman–Crippen MR) is 200 cm³/mol. The second-order valence-electron chi connectivity index (χ2n) is 12.7. The van der Waals surface area contributed by atoms with Crippen molar-refractivity contribution in [3.05, 3.63) is 55.1 Å². The first kappa shape index (κ1) is 42.7. The minimum absolute atomic E-state index is 0.0201. The zero-order chi connectivity index (χ0) is 42.0. The van der Waals surface area contributed by atoms with Gasteiger partial charge in [0.2, 0.25) is 16.9 Å². The average Bonchev–Trinajstić information content (AvgIpc) is 3.69. The second-order valence-corrected chi connectivity index (χ2v) is 17.1. The number of pyridine rings is 1. The molecular weight excluding hydrogens is 833 g/mol. The third-order valence-corrected chi connectivity index (χ3v) is 12.3. The van der Waals surface area contributed by atoms with Gasteiger partial charge in [-0.05, 0) is 30.3 Å². The van der Waals surface area contributed by atoms with Crippen LogP contribution in [0.25, 0.3) is 33.0 Å². The number of carbonyl (C=O) groups is 2. The second kappa shape index (κ2) is 17.2. The Hall–Kier alpha value is -4.87. The molecule has 0 saturated carbocycles. The number of carbonyl (C=O) groups excluding carboxylic acids is 2. The van der Waals surface area contributed by atoms with E-state index in [1.54, 1.807) is 12.1 Å². The summed E-state index contributed by atoms with van der Waals surface area (Å²) < 4.78 is 61.7. The molecule has 25 nitrogen and oxygen atoms in total. The van der Waals surface area contributed by atoms with E-state index in [4.69, 9.17) is 36.5 Å². The number of nitrogens with one attached hydrogen (secondary N) is 2. The van der Waals surface area contributed by atoms with Gasteiger partial charge < -0.3 is 62.0 Å². The number of fused-ring (bicyclic) bond motifs is 3. The van der Waals surface area contributed by atoms with Crippen LogP contribution in [0.1, 0.15) is 19.1 Å². The quantitative estimate of drug-likeness (QED) is 0.0212. The summed E-state index contributed by atoms with van der Waals surface area (Å²) in [6, 6.07) is 13.2. The molecule has 3 aromatic heterocycles. The van der Waals surface area contributed by atoms with E-state index in [9.17, 15) is 38.2 Å². The molecule has 0 radical (unpaired) electrons. The minimum atomic E-state index is -5.86. The van der Waals surface area contributed by atoms with Crippen molar-refractivity contribution in [3.8, 4) is 0 Å². The van der Waals surface area contributed by atoms with Crippen LogP contribution in [-0.4, -0.2) is 94.2 Å². The van der Waals surface area contributed by atoms with Gasteiger partial charge in [0, 0.05) is 60.2 Å². The van der Waals surface area contributed by atoms with Crippen LogP contribution in [0, 0.1) is 0 Å². The molecule has 312 valence electrons. The standard InChI is InChI=1S/C30H37N10O15P3/c31-18-5-3-16-10-17-4-6-19(32)12-21(17)39(20(16)11-18)9-1-2-23(41)34-7-8-35-30(43)53-26-22(13-51-57(47,48)55-58(49,50)54-56(44,45)46)52-29(25(26)42)40-15-38-24-27(33)36-14-37-28(24)40/h3-6,10-12,14-15,22,25-26,29,42H,1-2,7-9,13H2,(H11,31,32,33,34,35,36,37,41,43,44,45,46,47,48,49,50)/p+1/t22-,25+,26-,29-/m1/s1. The van der Waals surface area contributed by atoms with Gasteiger partial charge in [0.25, 0.3) is 0 Å². The zero-order valence-corrected chi connectivity index (χ0v) is 32.6. The molecule has 0 spiro atoms. The Morgan fingerprint density at radius 2 is 1.53 bits per heavy atom. The number of imidazole rings is 1. The molecule has 1 saturated heterocycles. The van der Waals surface area contributed by atoms with Gasteiger partial charge in [-0.1, -0.05) is 0 Å². The fourth-order valence-electron chi connectivity index (χ4n) is 6.15. The van der Waals surface area contributed by atoms with Gasteiger partial charge in [0.15, 0.2) is 23.8 Å². The number of nitrogens with zero attached hydrogens (tertiary/aromatic N) is 5. The minimum Gasteiger partial charge on any atom is -0.440 e. The summed E-state index contributed by atoms with van der Waals surface area (Å²) in [5.74, 6) is -0.335. The lowest BCUT2D eigenvalue weighted by atomic mass is 10.1. The van der Waals surface area contributed by atoms with Crippen LogP contribution in [0.3, 0.4) is 0 Å². The Balaban J connectivity index is 1.05. The van der Waals surface area contributed by atoms with E-state index in [0.29, 0.717) is 24.3 Å². The van der Waals surface area contributed by atoms with Crippen molar-refractivity contribution < 1.29 is 75.2 Å². The van der Waals surface area contributed by atoms with Crippen molar-refractivity contribution in [3.63, 3.8) is 0 Å². The molecular formula is C30H38N10O15P3+. The fourth-order valence-corrected chi connectivity index (χ4v) is 9.18. The lowest BCUT2D eigenvalue weighted by molar-refractivity contribution is -0.645. The molecule has 6 atom stereocenters. The number of nitrogen functional groups attached to an aromatic ring is 3. The van der Waals surface area contributed by atoms with E-state index < -0.39 is 60.7 Å². The summed E-state index contributed by atoms with van der Waals surface area (Å²) in [6.45, 7) is -0.796. The molecule has 4 heterocycles. The largest absolute Gasteiger partial charge is 0.490 e. The molecule has 6 rings (SSSR count). The predicted octanol–water partition coefficient (Wildman–Crippen LogP) is 0.460. The Kier molecular flexibility index (Phi) is 12.6. The van der Waals surface area contributed by atoms with E-state index in [2.05, 4.69) is 38.7 Å². The Labute approximate surface area is 326 Å². The highest BCUT2D eigenvalue weighted by molar-refractivity contribution is 7.66.